The third-order valence-electron chi connectivity index (χ3n) is 3.24. The Morgan fingerprint density at radius 2 is 2.47 bits per heavy atom. The summed E-state index contributed by atoms with van der Waals surface area (Å²) in [5, 5.41) is 3.46. The van der Waals surface area contributed by atoms with Gasteiger partial charge < -0.3 is 15.0 Å². The molecule has 0 atom stereocenters. The Hall–Kier alpha value is -0.870. The van der Waals surface area contributed by atoms with Crippen LogP contribution in [0.5, 0.6) is 0 Å². The molecule has 0 spiro atoms. The summed E-state index contributed by atoms with van der Waals surface area (Å²) in [4.78, 5) is 7.07. The molecule has 2 N–H and O–H groups in total. The molecule has 1 saturated carbocycles. The molecule has 0 amide bonds. The number of methoxy groups -OCH3 is 1. The first-order chi connectivity index (χ1) is 7.35. The van der Waals surface area contributed by atoms with E-state index in [1.807, 2.05) is 6.20 Å². The SMILES string of the molecule is COCC1(CNCc2cnc[nH]2)CCC1. The number of H-pyrrole nitrogens is 1. The fourth-order valence-electron chi connectivity index (χ4n) is 2.20. The van der Waals surface area contributed by atoms with Crippen molar-refractivity contribution in [3.8, 4) is 0 Å². The van der Waals surface area contributed by atoms with E-state index in [-0.39, 0.29) is 0 Å². The fourth-order valence-corrected chi connectivity index (χ4v) is 2.20. The van der Waals surface area contributed by atoms with Gasteiger partial charge in [0.15, 0.2) is 0 Å². The Labute approximate surface area is 90.4 Å². The van der Waals surface area contributed by atoms with E-state index in [0.29, 0.717) is 5.41 Å². The van der Waals surface area contributed by atoms with E-state index in [4.69, 9.17) is 4.74 Å². The van der Waals surface area contributed by atoms with Crippen LogP contribution in [0.2, 0.25) is 0 Å². The van der Waals surface area contributed by atoms with Crippen LogP contribution in [-0.4, -0.2) is 30.2 Å². The third kappa shape index (κ3) is 2.58. The molecular weight excluding hydrogens is 190 g/mol. The van der Waals surface area contributed by atoms with Gasteiger partial charge in [-0.05, 0) is 12.8 Å². The van der Waals surface area contributed by atoms with Crippen molar-refractivity contribution >= 4 is 0 Å². The highest BCUT2D eigenvalue weighted by Gasteiger charge is 2.36. The van der Waals surface area contributed by atoms with Crippen LogP contribution in [0.15, 0.2) is 12.5 Å². The van der Waals surface area contributed by atoms with Crippen molar-refractivity contribution in [1.82, 2.24) is 15.3 Å². The Balaban J connectivity index is 1.72. The number of hydrogen-bond acceptors (Lipinski definition) is 3. The molecule has 0 saturated heterocycles. The molecule has 1 aromatic rings. The second-order valence-electron chi connectivity index (χ2n) is 4.47. The molecule has 15 heavy (non-hydrogen) atoms. The van der Waals surface area contributed by atoms with Crippen LogP contribution in [0.1, 0.15) is 25.0 Å². The van der Waals surface area contributed by atoms with Crippen molar-refractivity contribution in [2.75, 3.05) is 20.3 Å². The second kappa shape index (κ2) is 4.77. The molecule has 0 unspecified atom stereocenters. The van der Waals surface area contributed by atoms with Gasteiger partial charge in [-0.25, -0.2) is 4.98 Å². The van der Waals surface area contributed by atoms with E-state index >= 15 is 0 Å². The summed E-state index contributed by atoms with van der Waals surface area (Å²) in [5.41, 5.74) is 1.54. The van der Waals surface area contributed by atoms with Crippen LogP contribution in [-0.2, 0) is 11.3 Å². The fraction of sp³-hybridized carbons (Fsp3) is 0.727. The molecule has 4 nitrogen and oxygen atoms in total. The van der Waals surface area contributed by atoms with Crippen LogP contribution < -0.4 is 5.32 Å². The van der Waals surface area contributed by atoms with Gasteiger partial charge in [0.25, 0.3) is 0 Å². The Kier molecular flexibility index (Phi) is 3.38. The van der Waals surface area contributed by atoms with E-state index in [1.165, 1.54) is 19.3 Å². The zero-order valence-corrected chi connectivity index (χ0v) is 9.25. The highest BCUT2D eigenvalue weighted by molar-refractivity contribution is 4.95. The summed E-state index contributed by atoms with van der Waals surface area (Å²) in [6.45, 7) is 2.79. The van der Waals surface area contributed by atoms with Crippen molar-refractivity contribution in [3.05, 3.63) is 18.2 Å². The number of nitrogens with one attached hydrogen (secondary N) is 2. The molecule has 0 aliphatic heterocycles. The number of rotatable bonds is 6. The second-order valence-corrected chi connectivity index (χ2v) is 4.47. The summed E-state index contributed by atoms with van der Waals surface area (Å²) in [7, 11) is 1.79. The van der Waals surface area contributed by atoms with E-state index in [2.05, 4.69) is 15.3 Å². The van der Waals surface area contributed by atoms with E-state index in [0.717, 1.165) is 25.4 Å². The van der Waals surface area contributed by atoms with E-state index < -0.39 is 0 Å². The molecule has 2 rings (SSSR count). The molecule has 0 bridgehead atoms. The van der Waals surface area contributed by atoms with Gasteiger partial charge in [-0.3, -0.25) is 0 Å². The minimum atomic E-state index is 0.398. The molecule has 1 fully saturated rings. The highest BCUT2D eigenvalue weighted by Crippen LogP contribution is 2.40. The molecule has 1 aliphatic rings. The lowest BCUT2D eigenvalue weighted by Crippen LogP contribution is -2.43. The Morgan fingerprint density at radius 3 is 3.00 bits per heavy atom. The summed E-state index contributed by atoms with van der Waals surface area (Å²) in [5.74, 6) is 0. The highest BCUT2D eigenvalue weighted by atomic mass is 16.5. The number of nitrogens with zero attached hydrogens (tertiary/aromatic N) is 1. The maximum absolute atomic E-state index is 5.28. The quantitative estimate of drug-likeness (QED) is 0.743. The summed E-state index contributed by atoms with van der Waals surface area (Å²) < 4.78 is 5.28. The zero-order chi connectivity index (χ0) is 10.6. The van der Waals surface area contributed by atoms with E-state index in [9.17, 15) is 0 Å². The largest absolute Gasteiger partial charge is 0.384 e. The maximum Gasteiger partial charge on any atom is 0.0922 e. The van der Waals surface area contributed by atoms with Crippen molar-refractivity contribution in [2.24, 2.45) is 5.41 Å². The average Bonchev–Trinajstić information content (AvgIpc) is 2.67. The van der Waals surface area contributed by atoms with Gasteiger partial charge in [0.2, 0.25) is 0 Å². The lowest BCUT2D eigenvalue weighted by molar-refractivity contribution is 0.0177. The summed E-state index contributed by atoms with van der Waals surface area (Å²) in [6.07, 6.45) is 7.49. The molecule has 1 heterocycles. The minimum Gasteiger partial charge on any atom is -0.384 e. The lowest BCUT2D eigenvalue weighted by atomic mass is 9.69. The molecule has 1 aliphatic carbocycles. The Bertz CT molecular complexity index is 280. The van der Waals surface area contributed by atoms with Gasteiger partial charge in [-0.15, -0.1) is 0 Å². The van der Waals surface area contributed by atoms with Gasteiger partial charge in [-0.1, -0.05) is 6.42 Å². The van der Waals surface area contributed by atoms with Gasteiger partial charge in [0.05, 0.1) is 12.9 Å². The molecule has 84 valence electrons. The van der Waals surface area contributed by atoms with Crippen LogP contribution >= 0.6 is 0 Å². The van der Waals surface area contributed by atoms with Crippen LogP contribution in [0.25, 0.3) is 0 Å². The number of imidazole rings is 1. The van der Waals surface area contributed by atoms with Gasteiger partial charge in [0, 0.05) is 37.5 Å². The normalized spacial score (nSPS) is 18.7. The zero-order valence-electron chi connectivity index (χ0n) is 9.25. The number of ether oxygens (including phenoxy) is 1. The van der Waals surface area contributed by atoms with Crippen molar-refractivity contribution in [3.63, 3.8) is 0 Å². The average molecular weight is 209 g/mol. The number of aromatic nitrogens is 2. The predicted octanol–water partition coefficient (Wildman–Crippen LogP) is 1.32. The summed E-state index contributed by atoms with van der Waals surface area (Å²) >= 11 is 0. The molecule has 0 aromatic carbocycles. The molecule has 4 heteroatoms. The first kappa shape index (κ1) is 10.6. The lowest BCUT2D eigenvalue weighted by Gasteiger charge is -2.41. The number of hydrogen-bond donors (Lipinski definition) is 2. The molecule has 1 aromatic heterocycles. The molecule has 0 radical (unpaired) electrons. The van der Waals surface area contributed by atoms with Gasteiger partial charge >= 0.3 is 0 Å². The number of aromatic amines is 1. The monoisotopic (exact) mass is 209 g/mol. The van der Waals surface area contributed by atoms with E-state index in [1.54, 1.807) is 13.4 Å². The van der Waals surface area contributed by atoms with Crippen molar-refractivity contribution < 1.29 is 4.74 Å². The topological polar surface area (TPSA) is 49.9 Å². The van der Waals surface area contributed by atoms with Crippen molar-refractivity contribution in [2.45, 2.75) is 25.8 Å². The third-order valence-corrected chi connectivity index (χ3v) is 3.24. The summed E-state index contributed by atoms with van der Waals surface area (Å²) in [6, 6.07) is 0. The molecular formula is C11H19N3O. The predicted molar refractivity (Wildman–Crippen MR) is 58.5 cm³/mol. The standard InChI is InChI=1S/C11H19N3O/c1-15-8-11(3-2-4-11)7-12-5-10-6-13-9-14-10/h6,9,12H,2-5,7-8H2,1H3,(H,13,14). The first-order valence-corrected chi connectivity index (χ1v) is 5.52. The smallest absolute Gasteiger partial charge is 0.0922 e. The van der Waals surface area contributed by atoms with Gasteiger partial charge in [-0.2, -0.15) is 0 Å². The maximum atomic E-state index is 5.28. The van der Waals surface area contributed by atoms with Crippen LogP contribution in [0, 0.1) is 5.41 Å². The van der Waals surface area contributed by atoms with Crippen LogP contribution in [0.3, 0.4) is 0 Å². The van der Waals surface area contributed by atoms with Gasteiger partial charge in [0.1, 0.15) is 0 Å². The Morgan fingerprint density at radius 1 is 1.60 bits per heavy atom. The first-order valence-electron chi connectivity index (χ1n) is 5.52. The minimum absolute atomic E-state index is 0.398. The van der Waals surface area contributed by atoms with Crippen LogP contribution in [0.4, 0.5) is 0 Å². The van der Waals surface area contributed by atoms with Crippen molar-refractivity contribution in [1.29, 1.82) is 0 Å².